The zero-order valence-corrected chi connectivity index (χ0v) is 12.9. The van der Waals surface area contributed by atoms with Gasteiger partial charge in [-0.05, 0) is 18.5 Å². The van der Waals surface area contributed by atoms with Gasteiger partial charge in [0, 0.05) is 25.9 Å². The minimum Gasteiger partial charge on any atom is -0.353 e. The van der Waals surface area contributed by atoms with Crippen molar-refractivity contribution in [1.29, 1.82) is 0 Å². The molecule has 20 heavy (non-hydrogen) atoms. The quantitative estimate of drug-likeness (QED) is 0.523. The third-order valence-electron chi connectivity index (χ3n) is 2.04. The lowest BCUT2D eigenvalue weighted by Gasteiger charge is -2.07. The molecular formula is C11H17ClN6OS. The molecule has 0 saturated heterocycles. The average molecular weight is 317 g/mol. The third-order valence-corrected chi connectivity index (χ3v) is 3.09. The molecule has 9 heteroatoms. The lowest BCUT2D eigenvalue weighted by Crippen LogP contribution is -2.15. The maximum Gasteiger partial charge on any atom is 0.278 e. The number of anilines is 2. The van der Waals surface area contributed by atoms with E-state index in [0.29, 0.717) is 30.7 Å². The second kappa shape index (κ2) is 9.38. The Balaban J connectivity index is 2.46. The summed E-state index contributed by atoms with van der Waals surface area (Å²) in [4.78, 5) is 23.1. The van der Waals surface area contributed by atoms with Crippen LogP contribution in [-0.4, -0.2) is 46.1 Å². The Hall–Kier alpha value is -1.54. The molecule has 3 N–H and O–H groups in total. The third kappa shape index (κ3) is 6.58. The minimum atomic E-state index is -0.0748. The maximum atomic E-state index is 11.0. The fraction of sp³-hybridized carbons (Fsp3) is 0.455. The zero-order valence-electron chi connectivity index (χ0n) is 11.3. The fourth-order valence-electron chi connectivity index (χ4n) is 1.15. The van der Waals surface area contributed by atoms with Crippen molar-refractivity contribution in [3.63, 3.8) is 0 Å². The number of hydrogen-bond donors (Lipinski definition) is 3. The first-order valence-electron chi connectivity index (χ1n) is 6.00. The van der Waals surface area contributed by atoms with Gasteiger partial charge in [-0.15, -0.1) is 0 Å². The predicted octanol–water partition coefficient (Wildman–Crippen LogP) is 2.00. The highest BCUT2D eigenvalue weighted by atomic mass is 35.5. The van der Waals surface area contributed by atoms with E-state index in [0.717, 1.165) is 0 Å². The Morgan fingerprint density at radius 3 is 2.65 bits per heavy atom. The Labute approximate surface area is 127 Å². The first kappa shape index (κ1) is 16.5. The van der Waals surface area contributed by atoms with Crippen molar-refractivity contribution in [3.05, 3.63) is 17.4 Å². The van der Waals surface area contributed by atoms with Gasteiger partial charge in [0.1, 0.15) is 0 Å². The molecule has 1 heterocycles. The summed E-state index contributed by atoms with van der Waals surface area (Å²) in [6.07, 6.45) is 3.86. The Morgan fingerprint density at radius 2 is 2.00 bits per heavy atom. The largest absolute Gasteiger partial charge is 0.353 e. The first-order chi connectivity index (χ1) is 9.65. The number of nitrogens with one attached hydrogen (secondary N) is 3. The lowest BCUT2D eigenvalue weighted by atomic mass is 10.5. The molecule has 1 aromatic rings. The molecule has 0 atom stereocenters. The van der Waals surface area contributed by atoms with Gasteiger partial charge in [0.15, 0.2) is 0 Å². The molecular weight excluding hydrogens is 300 g/mol. The monoisotopic (exact) mass is 316 g/mol. The molecule has 0 spiro atoms. The van der Waals surface area contributed by atoms with Crippen LogP contribution in [0.2, 0.25) is 5.28 Å². The Kier molecular flexibility index (Phi) is 7.74. The van der Waals surface area contributed by atoms with Crippen molar-refractivity contribution in [3.8, 4) is 0 Å². The smallest absolute Gasteiger partial charge is 0.278 e. The van der Waals surface area contributed by atoms with Gasteiger partial charge >= 0.3 is 0 Å². The number of amides is 1. The summed E-state index contributed by atoms with van der Waals surface area (Å²) in [5.74, 6) is 1.39. The van der Waals surface area contributed by atoms with Crippen molar-refractivity contribution < 1.29 is 4.79 Å². The van der Waals surface area contributed by atoms with E-state index in [4.69, 9.17) is 11.6 Å². The molecule has 0 bridgehead atoms. The molecule has 0 unspecified atom stereocenters. The van der Waals surface area contributed by atoms with Crippen LogP contribution in [0, 0.1) is 0 Å². The van der Waals surface area contributed by atoms with Crippen LogP contribution >= 0.6 is 23.4 Å². The Bertz CT molecular complexity index is 470. The molecule has 7 nitrogen and oxygen atoms in total. The topological polar surface area (TPSA) is 91.8 Å². The van der Waals surface area contributed by atoms with Crippen molar-refractivity contribution in [2.45, 2.75) is 6.92 Å². The van der Waals surface area contributed by atoms with Crippen LogP contribution in [0.15, 0.2) is 12.2 Å². The zero-order chi connectivity index (χ0) is 14.8. The second-order valence-electron chi connectivity index (χ2n) is 3.51. The van der Waals surface area contributed by atoms with E-state index in [1.165, 1.54) is 11.8 Å². The summed E-state index contributed by atoms with van der Waals surface area (Å²) in [5.41, 5.74) is 0. The number of allylic oxidation sites excluding steroid dienone is 1. The van der Waals surface area contributed by atoms with E-state index in [-0.39, 0.29) is 10.5 Å². The maximum absolute atomic E-state index is 11.0. The molecule has 0 saturated carbocycles. The number of hydrogen-bond acceptors (Lipinski definition) is 7. The summed E-state index contributed by atoms with van der Waals surface area (Å²) in [6.45, 7) is 3.09. The molecule has 0 aliphatic carbocycles. The van der Waals surface area contributed by atoms with E-state index in [9.17, 15) is 4.79 Å². The van der Waals surface area contributed by atoms with Crippen molar-refractivity contribution in [2.75, 3.05) is 36.5 Å². The number of halogens is 1. The highest BCUT2D eigenvalue weighted by molar-refractivity contribution is 8.13. The van der Waals surface area contributed by atoms with Gasteiger partial charge in [0.25, 0.3) is 5.24 Å². The predicted molar refractivity (Wildman–Crippen MR) is 83.5 cm³/mol. The minimum absolute atomic E-state index is 0.0748. The van der Waals surface area contributed by atoms with Crippen molar-refractivity contribution in [1.82, 2.24) is 20.3 Å². The number of carbonyl (C=O) groups is 1. The number of thioether (sulfide) groups is 1. The molecule has 0 aliphatic heterocycles. The van der Waals surface area contributed by atoms with Crippen molar-refractivity contribution in [2.24, 2.45) is 0 Å². The molecule has 1 rings (SSSR count). The van der Waals surface area contributed by atoms with Crippen molar-refractivity contribution >= 4 is 40.5 Å². The number of rotatable bonds is 7. The summed E-state index contributed by atoms with van der Waals surface area (Å²) in [5, 5.41) is 8.56. The van der Waals surface area contributed by atoms with Crippen LogP contribution in [0.1, 0.15) is 6.92 Å². The van der Waals surface area contributed by atoms with Gasteiger partial charge in [-0.25, -0.2) is 0 Å². The van der Waals surface area contributed by atoms with Gasteiger partial charge in [0.2, 0.25) is 17.2 Å². The average Bonchev–Trinajstić information content (AvgIpc) is 2.43. The number of carbonyl (C=O) groups excluding carboxylic acids is 1. The molecule has 110 valence electrons. The first-order valence-corrected chi connectivity index (χ1v) is 7.37. The summed E-state index contributed by atoms with van der Waals surface area (Å²) < 4.78 is 0. The summed E-state index contributed by atoms with van der Waals surface area (Å²) in [7, 11) is 1.59. The molecule has 0 aromatic carbocycles. The Morgan fingerprint density at radius 1 is 1.30 bits per heavy atom. The van der Waals surface area contributed by atoms with Gasteiger partial charge in [-0.1, -0.05) is 23.9 Å². The molecule has 0 fully saturated rings. The van der Waals surface area contributed by atoms with Crippen LogP contribution in [0.3, 0.4) is 0 Å². The van der Waals surface area contributed by atoms with Crippen LogP contribution < -0.4 is 16.0 Å². The van der Waals surface area contributed by atoms with Gasteiger partial charge in [-0.3, -0.25) is 4.79 Å². The molecule has 1 aromatic heterocycles. The highest BCUT2D eigenvalue weighted by Gasteiger charge is 2.04. The van der Waals surface area contributed by atoms with E-state index in [1.54, 1.807) is 7.05 Å². The lowest BCUT2D eigenvalue weighted by molar-refractivity contribution is 0.262. The van der Waals surface area contributed by atoms with Crippen LogP contribution in [0.5, 0.6) is 0 Å². The van der Waals surface area contributed by atoms with Gasteiger partial charge in [-0.2, -0.15) is 15.0 Å². The van der Waals surface area contributed by atoms with E-state index in [2.05, 4.69) is 30.9 Å². The summed E-state index contributed by atoms with van der Waals surface area (Å²) >= 11 is 7.00. The summed E-state index contributed by atoms with van der Waals surface area (Å²) in [6, 6.07) is 0. The molecule has 0 radical (unpaired) electrons. The number of nitrogens with zero attached hydrogens (tertiary/aromatic N) is 3. The molecule has 0 aliphatic rings. The number of aromatic nitrogens is 3. The van der Waals surface area contributed by atoms with Gasteiger partial charge in [0.05, 0.1) is 0 Å². The second-order valence-corrected chi connectivity index (χ2v) is 4.92. The van der Waals surface area contributed by atoms with Crippen LogP contribution in [0.25, 0.3) is 0 Å². The van der Waals surface area contributed by atoms with Gasteiger partial charge < -0.3 is 16.0 Å². The van der Waals surface area contributed by atoms with Crippen LogP contribution in [0.4, 0.5) is 16.7 Å². The highest BCUT2D eigenvalue weighted by Crippen LogP contribution is 2.09. The molecule has 1 amide bonds. The van der Waals surface area contributed by atoms with Crippen LogP contribution in [-0.2, 0) is 0 Å². The normalized spacial score (nSPS) is 10.6. The standard InChI is InChI=1S/C11H17ClN6OS/c1-3-4-5-14-9-16-8(12)17-10(18-9)15-6-7-20-11(19)13-2/h3-4H,5-7H2,1-2H3,(H,13,19)(H2,14,15,16,17,18). The van der Waals surface area contributed by atoms with E-state index in [1.807, 2.05) is 19.1 Å². The fourth-order valence-corrected chi connectivity index (χ4v) is 1.85. The van der Waals surface area contributed by atoms with E-state index < -0.39 is 0 Å². The van der Waals surface area contributed by atoms with E-state index >= 15 is 0 Å². The SMILES string of the molecule is CC=CCNc1nc(Cl)nc(NCCSC(=O)NC)n1.